The maximum Gasteiger partial charge on any atom is 0.221 e. The molecule has 96 valence electrons. The Hall–Kier alpha value is -1.87. The summed E-state index contributed by atoms with van der Waals surface area (Å²) in [6.07, 6.45) is 1.52. The molecule has 1 N–H and O–H groups in total. The highest BCUT2D eigenvalue weighted by molar-refractivity contribution is 7.90. The lowest BCUT2D eigenvalue weighted by Crippen LogP contribution is -2.22. The summed E-state index contributed by atoms with van der Waals surface area (Å²) in [7, 11) is -3.19. The zero-order valence-electron chi connectivity index (χ0n) is 10.0. The molecule has 0 saturated heterocycles. The first-order valence-corrected chi connectivity index (χ1v) is 7.25. The zero-order chi connectivity index (χ0) is 13.6. The van der Waals surface area contributed by atoms with Crippen LogP contribution < -0.4 is 5.32 Å². The molecule has 0 spiro atoms. The van der Waals surface area contributed by atoms with Crippen molar-refractivity contribution in [2.24, 2.45) is 0 Å². The molecule has 0 heterocycles. The fourth-order valence-electron chi connectivity index (χ4n) is 1.31. The standard InChI is InChI=1S/C12H14N2O3S/c1-18(16,17)11-6-4-10(5-7-11)9-14-12(15)3-2-8-13/h4-7H,2-3,9H2,1H3,(H,14,15). The Morgan fingerprint density at radius 3 is 2.44 bits per heavy atom. The van der Waals surface area contributed by atoms with E-state index in [0.29, 0.717) is 6.54 Å². The van der Waals surface area contributed by atoms with Gasteiger partial charge in [0.05, 0.1) is 11.0 Å². The maximum absolute atomic E-state index is 11.2. The van der Waals surface area contributed by atoms with Crippen LogP contribution in [0.2, 0.25) is 0 Å². The number of benzene rings is 1. The van der Waals surface area contributed by atoms with E-state index in [0.717, 1.165) is 11.8 Å². The second kappa shape index (κ2) is 6.17. The van der Waals surface area contributed by atoms with Crippen LogP contribution in [0.25, 0.3) is 0 Å². The van der Waals surface area contributed by atoms with E-state index in [1.807, 2.05) is 6.07 Å². The van der Waals surface area contributed by atoms with Crippen molar-refractivity contribution >= 4 is 15.7 Å². The van der Waals surface area contributed by atoms with Gasteiger partial charge in [0.1, 0.15) is 0 Å². The minimum atomic E-state index is -3.19. The summed E-state index contributed by atoms with van der Waals surface area (Å²) in [4.78, 5) is 11.5. The van der Waals surface area contributed by atoms with E-state index in [9.17, 15) is 13.2 Å². The molecule has 6 heteroatoms. The molecule has 0 aromatic heterocycles. The third-order valence-electron chi connectivity index (χ3n) is 2.31. The van der Waals surface area contributed by atoms with Gasteiger partial charge in [0, 0.05) is 25.6 Å². The quantitative estimate of drug-likeness (QED) is 0.861. The molecule has 0 bridgehead atoms. The third-order valence-corrected chi connectivity index (χ3v) is 3.43. The Kier molecular flexibility index (Phi) is 4.86. The van der Waals surface area contributed by atoms with E-state index >= 15 is 0 Å². The van der Waals surface area contributed by atoms with Crippen LogP contribution in [0.5, 0.6) is 0 Å². The first-order chi connectivity index (χ1) is 8.43. The molecule has 0 saturated carbocycles. The molecule has 18 heavy (non-hydrogen) atoms. The van der Waals surface area contributed by atoms with Crippen LogP contribution in [0.15, 0.2) is 29.2 Å². The van der Waals surface area contributed by atoms with Gasteiger partial charge >= 0.3 is 0 Å². The molecule has 0 aliphatic heterocycles. The first-order valence-electron chi connectivity index (χ1n) is 5.36. The lowest BCUT2D eigenvalue weighted by atomic mass is 10.2. The number of amides is 1. The second-order valence-corrected chi connectivity index (χ2v) is 5.87. The SMILES string of the molecule is CS(=O)(=O)c1ccc(CNC(=O)CCC#N)cc1. The number of carbonyl (C=O) groups is 1. The highest BCUT2D eigenvalue weighted by atomic mass is 32.2. The average Bonchev–Trinajstić information content (AvgIpc) is 2.33. The van der Waals surface area contributed by atoms with Gasteiger partial charge in [-0.25, -0.2) is 8.42 Å². The van der Waals surface area contributed by atoms with E-state index < -0.39 is 9.84 Å². The Bertz CT molecular complexity index is 556. The van der Waals surface area contributed by atoms with E-state index in [1.165, 1.54) is 12.1 Å². The molecule has 0 unspecified atom stereocenters. The summed E-state index contributed by atoms with van der Waals surface area (Å²) in [6.45, 7) is 0.328. The third kappa shape index (κ3) is 4.55. The van der Waals surface area contributed by atoms with Crippen LogP contribution >= 0.6 is 0 Å². The van der Waals surface area contributed by atoms with Crippen LogP contribution in [0.1, 0.15) is 18.4 Å². The Morgan fingerprint density at radius 1 is 1.33 bits per heavy atom. The van der Waals surface area contributed by atoms with Crippen molar-refractivity contribution in [3.63, 3.8) is 0 Å². The Morgan fingerprint density at radius 2 is 1.94 bits per heavy atom. The lowest BCUT2D eigenvalue weighted by Gasteiger charge is -2.05. The second-order valence-electron chi connectivity index (χ2n) is 3.85. The Labute approximate surface area is 106 Å². The lowest BCUT2D eigenvalue weighted by molar-refractivity contribution is -0.121. The van der Waals surface area contributed by atoms with Crippen molar-refractivity contribution < 1.29 is 13.2 Å². The number of nitriles is 1. The highest BCUT2D eigenvalue weighted by Crippen LogP contribution is 2.10. The van der Waals surface area contributed by atoms with Crippen molar-refractivity contribution in [2.75, 3.05) is 6.26 Å². The molecule has 0 radical (unpaired) electrons. The van der Waals surface area contributed by atoms with Gasteiger partial charge in [-0.2, -0.15) is 5.26 Å². The minimum absolute atomic E-state index is 0.178. The number of carbonyl (C=O) groups excluding carboxylic acids is 1. The predicted molar refractivity (Wildman–Crippen MR) is 66.2 cm³/mol. The number of rotatable bonds is 5. The van der Waals surface area contributed by atoms with Gasteiger partial charge in [0.15, 0.2) is 9.84 Å². The van der Waals surface area contributed by atoms with Crippen molar-refractivity contribution in [1.29, 1.82) is 5.26 Å². The summed E-state index contributed by atoms with van der Waals surface area (Å²) >= 11 is 0. The van der Waals surface area contributed by atoms with Crippen molar-refractivity contribution in [3.8, 4) is 6.07 Å². The van der Waals surface area contributed by atoms with E-state index in [2.05, 4.69) is 5.32 Å². The largest absolute Gasteiger partial charge is 0.352 e. The van der Waals surface area contributed by atoms with Gasteiger partial charge in [-0.15, -0.1) is 0 Å². The molecule has 0 atom stereocenters. The Balaban J connectivity index is 2.55. The number of hydrogen-bond acceptors (Lipinski definition) is 4. The normalized spacial score (nSPS) is 10.7. The molecule has 1 amide bonds. The zero-order valence-corrected chi connectivity index (χ0v) is 10.8. The van der Waals surface area contributed by atoms with Crippen LogP contribution in [0.3, 0.4) is 0 Å². The number of nitrogens with zero attached hydrogens (tertiary/aromatic N) is 1. The van der Waals surface area contributed by atoms with Gasteiger partial charge in [0.25, 0.3) is 0 Å². The topological polar surface area (TPSA) is 87.0 Å². The monoisotopic (exact) mass is 266 g/mol. The first kappa shape index (κ1) is 14.2. The van der Waals surface area contributed by atoms with Crippen molar-refractivity contribution in [1.82, 2.24) is 5.32 Å². The molecule has 0 fully saturated rings. The van der Waals surface area contributed by atoms with E-state index in [4.69, 9.17) is 5.26 Å². The van der Waals surface area contributed by atoms with E-state index in [1.54, 1.807) is 12.1 Å². The summed E-state index contributed by atoms with van der Waals surface area (Å²) in [5.41, 5.74) is 0.813. The highest BCUT2D eigenvalue weighted by Gasteiger charge is 2.06. The minimum Gasteiger partial charge on any atom is -0.352 e. The van der Waals surface area contributed by atoms with Gasteiger partial charge in [-0.05, 0) is 17.7 Å². The molecule has 1 rings (SSSR count). The van der Waals surface area contributed by atoms with Gasteiger partial charge < -0.3 is 5.32 Å². The van der Waals surface area contributed by atoms with Crippen LogP contribution in [0.4, 0.5) is 0 Å². The van der Waals surface area contributed by atoms with Crippen LogP contribution in [-0.4, -0.2) is 20.6 Å². The smallest absolute Gasteiger partial charge is 0.221 e. The van der Waals surface area contributed by atoms with Crippen LogP contribution in [0, 0.1) is 11.3 Å². The number of sulfone groups is 1. The fourth-order valence-corrected chi connectivity index (χ4v) is 1.94. The molecule has 0 aliphatic carbocycles. The van der Waals surface area contributed by atoms with Gasteiger partial charge in [-0.1, -0.05) is 12.1 Å². The molecule has 5 nitrogen and oxygen atoms in total. The number of nitrogens with one attached hydrogen (secondary N) is 1. The summed E-state index contributed by atoms with van der Waals surface area (Å²) in [5.74, 6) is -0.191. The summed E-state index contributed by atoms with van der Waals surface area (Å²) < 4.78 is 22.5. The molecular weight excluding hydrogens is 252 g/mol. The van der Waals surface area contributed by atoms with Crippen LogP contribution in [-0.2, 0) is 21.2 Å². The van der Waals surface area contributed by atoms with Crippen molar-refractivity contribution in [3.05, 3.63) is 29.8 Å². The van der Waals surface area contributed by atoms with Crippen molar-refractivity contribution in [2.45, 2.75) is 24.3 Å². The summed E-state index contributed by atoms with van der Waals surface area (Å²) in [5, 5.41) is 11.0. The number of hydrogen-bond donors (Lipinski definition) is 1. The van der Waals surface area contributed by atoms with Gasteiger partial charge in [0.2, 0.25) is 5.91 Å². The van der Waals surface area contributed by atoms with Gasteiger partial charge in [-0.3, -0.25) is 4.79 Å². The molecular formula is C12H14N2O3S. The molecule has 1 aromatic carbocycles. The summed E-state index contributed by atoms with van der Waals surface area (Å²) in [6, 6.07) is 8.21. The molecule has 0 aliphatic rings. The molecule has 1 aromatic rings. The van der Waals surface area contributed by atoms with E-state index in [-0.39, 0.29) is 23.6 Å². The average molecular weight is 266 g/mol. The maximum atomic E-state index is 11.2. The fraction of sp³-hybridized carbons (Fsp3) is 0.333. The predicted octanol–water partition coefficient (Wildman–Crippen LogP) is 1.01.